The molecule has 62 heavy (non-hydrogen) atoms. The van der Waals surface area contributed by atoms with Crippen molar-refractivity contribution in [2.75, 3.05) is 30.6 Å². The summed E-state index contributed by atoms with van der Waals surface area (Å²) in [5.41, 5.74) is 3.15. The molecule has 0 aliphatic carbocycles. The van der Waals surface area contributed by atoms with Crippen molar-refractivity contribution < 1.29 is 52.4 Å². The van der Waals surface area contributed by atoms with Crippen molar-refractivity contribution in [1.82, 2.24) is 0 Å². The van der Waals surface area contributed by atoms with E-state index in [4.69, 9.17) is 28.4 Å². The first-order valence-corrected chi connectivity index (χ1v) is 20.5. The second-order valence-electron chi connectivity index (χ2n) is 13.2. The smallest absolute Gasteiger partial charge is 0.363 e. The molecule has 0 saturated heterocycles. The van der Waals surface area contributed by atoms with E-state index in [1.54, 1.807) is 102 Å². The van der Waals surface area contributed by atoms with E-state index < -0.39 is 29.9 Å². The first-order valence-electron chi connectivity index (χ1n) is 18.6. The maximum absolute atomic E-state index is 12.8. The van der Waals surface area contributed by atoms with E-state index in [-0.39, 0.29) is 34.7 Å². The Labute approximate surface area is 361 Å². The Balaban J connectivity index is 0.857. The van der Waals surface area contributed by atoms with Crippen LogP contribution in [-0.2, 0) is 23.9 Å². The summed E-state index contributed by atoms with van der Waals surface area (Å²) in [7, 11) is 2.89. The third-order valence-electron chi connectivity index (χ3n) is 9.04. The molecule has 15 nitrogen and oxygen atoms in total. The van der Waals surface area contributed by atoms with Crippen molar-refractivity contribution in [3.63, 3.8) is 0 Å². The number of hydrogen-bond acceptors (Lipinski definition) is 15. The van der Waals surface area contributed by atoms with Gasteiger partial charge in [0.15, 0.2) is 34.4 Å². The van der Waals surface area contributed by atoms with Gasteiger partial charge in [-0.3, -0.25) is 0 Å². The molecule has 5 aromatic rings. The van der Waals surface area contributed by atoms with Crippen LogP contribution in [0.2, 0.25) is 0 Å². The first-order chi connectivity index (χ1) is 30.1. The monoisotopic (exact) mass is 868 g/mol. The number of methoxy groups -OCH3 is 2. The van der Waals surface area contributed by atoms with Gasteiger partial charge >= 0.3 is 29.9 Å². The summed E-state index contributed by atoms with van der Waals surface area (Å²) in [6.07, 6.45) is 5.70. The lowest BCUT2D eigenvalue weighted by atomic mass is 10.1. The lowest BCUT2D eigenvalue weighted by Crippen LogP contribution is -2.19. The van der Waals surface area contributed by atoms with Gasteiger partial charge in [0.1, 0.15) is 4.88 Å². The topological polar surface area (TPSA) is 190 Å². The van der Waals surface area contributed by atoms with Crippen molar-refractivity contribution in [1.29, 1.82) is 0 Å². The molecule has 4 aromatic carbocycles. The Kier molecular flexibility index (Phi) is 12.1. The van der Waals surface area contributed by atoms with E-state index in [0.717, 1.165) is 12.2 Å². The van der Waals surface area contributed by atoms with Crippen molar-refractivity contribution >= 4 is 88.3 Å². The predicted octanol–water partition coefficient (Wildman–Crippen LogP) is 8.24. The van der Waals surface area contributed by atoms with Crippen LogP contribution in [0.5, 0.6) is 23.0 Å². The summed E-state index contributed by atoms with van der Waals surface area (Å²) in [4.78, 5) is 72.8. The predicted molar refractivity (Wildman–Crippen MR) is 233 cm³/mol. The summed E-state index contributed by atoms with van der Waals surface area (Å²) < 4.78 is 32.6. The highest BCUT2D eigenvalue weighted by molar-refractivity contribution is 8.04. The minimum atomic E-state index is -0.657. The largest absolute Gasteiger partial charge is 0.493 e. The van der Waals surface area contributed by atoms with Gasteiger partial charge in [-0.25, -0.2) is 34.0 Å². The van der Waals surface area contributed by atoms with Crippen LogP contribution in [0.1, 0.15) is 38.3 Å². The fourth-order valence-electron chi connectivity index (χ4n) is 6.04. The van der Waals surface area contributed by atoms with Gasteiger partial charge in [-0.2, -0.15) is 0 Å². The van der Waals surface area contributed by atoms with Gasteiger partial charge in [-0.05, 0) is 114 Å². The number of aliphatic imine (C=N–C) groups is 2. The number of thioether (sulfide) groups is 1. The number of benzene rings is 4. The number of nitrogens with zero attached hydrogens (tertiary/aromatic N) is 2. The highest BCUT2D eigenvalue weighted by atomic mass is 32.2. The van der Waals surface area contributed by atoms with Gasteiger partial charge in [0.25, 0.3) is 0 Å². The molecule has 4 heterocycles. The number of cyclic esters (lactones) is 2. The van der Waals surface area contributed by atoms with Crippen LogP contribution in [0, 0.1) is 0 Å². The summed E-state index contributed by atoms with van der Waals surface area (Å²) in [5.74, 6) is -0.196. The maximum atomic E-state index is 12.8. The highest BCUT2D eigenvalue weighted by Crippen LogP contribution is 2.34. The zero-order valence-electron chi connectivity index (χ0n) is 32.7. The van der Waals surface area contributed by atoms with E-state index in [1.165, 1.54) is 49.5 Å². The van der Waals surface area contributed by atoms with Gasteiger partial charge in [-0.15, -0.1) is 23.1 Å². The molecule has 0 atom stereocenters. The number of thiophene rings is 1. The molecule has 0 saturated carbocycles. The van der Waals surface area contributed by atoms with Crippen LogP contribution in [0.25, 0.3) is 12.2 Å². The van der Waals surface area contributed by atoms with Crippen LogP contribution < -0.4 is 29.6 Å². The number of allylic oxidation sites excluding steroid dienone is 1. The molecular formula is C45H32N4O11S2. The average molecular weight is 869 g/mol. The van der Waals surface area contributed by atoms with Crippen LogP contribution in [-0.4, -0.2) is 61.7 Å². The lowest BCUT2D eigenvalue weighted by Gasteiger charge is -2.10. The molecule has 2 N–H and O–H groups in total. The molecular weight excluding hydrogens is 837 g/mol. The first kappa shape index (κ1) is 41.0. The van der Waals surface area contributed by atoms with E-state index in [0.29, 0.717) is 54.9 Å². The van der Waals surface area contributed by atoms with Crippen molar-refractivity contribution in [3.05, 3.63) is 152 Å². The van der Waals surface area contributed by atoms with Gasteiger partial charge in [0, 0.05) is 28.3 Å². The second kappa shape index (κ2) is 18.2. The minimum absolute atomic E-state index is 0.0498. The standard InChI is InChI=1S/C45H32N4O11S2/c1-55-35-23-25(7-17-33(35)57-43(52)37-5-3-19-61-37)21-31-41(50)59-39(48-31)27-9-13-29(14-10-27)46-45(54)47-30-15-11-28(12-16-30)40-49-32(42(51)60-40)22-26-8-18-34(36(24-26)56-2)58-44(53)38-6-4-20-62-38/h3,5-19,21-24H,4,20H2,1-2H3,(H2,46,47,54)/b31-21+,32-22+. The molecule has 0 radical (unpaired) electrons. The third kappa shape index (κ3) is 9.49. The molecule has 310 valence electrons. The van der Waals surface area contributed by atoms with Crippen molar-refractivity contribution in [3.8, 4) is 23.0 Å². The number of amides is 2. The van der Waals surface area contributed by atoms with Crippen LogP contribution in [0.3, 0.4) is 0 Å². The molecule has 0 spiro atoms. The molecule has 0 bridgehead atoms. The number of ether oxygens (including phenoxy) is 6. The third-order valence-corrected chi connectivity index (χ3v) is 11.0. The fraction of sp³-hybridized carbons (Fsp3) is 0.0889. The maximum Gasteiger partial charge on any atom is 0.363 e. The zero-order chi connectivity index (χ0) is 43.2. The molecule has 2 amide bonds. The quantitative estimate of drug-likeness (QED) is 0.0695. The summed E-state index contributed by atoms with van der Waals surface area (Å²) in [5, 5.41) is 7.26. The molecule has 0 fully saturated rings. The number of rotatable bonds is 12. The van der Waals surface area contributed by atoms with Crippen LogP contribution in [0.15, 0.2) is 135 Å². The Hall–Kier alpha value is -7.76. The normalized spacial score (nSPS) is 15.6. The lowest BCUT2D eigenvalue weighted by molar-refractivity contribution is -0.130. The highest BCUT2D eigenvalue weighted by Gasteiger charge is 2.26. The fourth-order valence-corrected chi connectivity index (χ4v) is 7.49. The van der Waals surface area contributed by atoms with E-state index >= 15 is 0 Å². The summed E-state index contributed by atoms with van der Waals surface area (Å²) >= 11 is 2.70. The molecule has 8 rings (SSSR count). The number of esters is 4. The number of carbonyl (C=O) groups is 5. The van der Waals surface area contributed by atoms with E-state index in [2.05, 4.69) is 20.6 Å². The molecule has 17 heteroatoms. The number of anilines is 2. The SMILES string of the molecule is COc1cc(/C=C2/N=C(c3ccc(NC(=O)Nc4ccc(C5=N/C(=C/c6ccc(OC(=O)c7cccs7)c(OC)c6)C(=O)O5)cc4)cc3)OC2=O)ccc1OC(=O)C1=CCCS1. The van der Waals surface area contributed by atoms with Gasteiger partial charge in [-0.1, -0.05) is 24.3 Å². The van der Waals surface area contributed by atoms with E-state index in [1.807, 2.05) is 6.08 Å². The minimum Gasteiger partial charge on any atom is -0.493 e. The number of urea groups is 1. The van der Waals surface area contributed by atoms with Gasteiger partial charge < -0.3 is 39.1 Å². The van der Waals surface area contributed by atoms with Gasteiger partial charge in [0.05, 0.1) is 19.1 Å². The van der Waals surface area contributed by atoms with Crippen LogP contribution in [0.4, 0.5) is 16.2 Å². The molecule has 3 aliphatic rings. The Morgan fingerprint density at radius 1 is 0.661 bits per heavy atom. The molecule has 0 unspecified atom stereocenters. The van der Waals surface area contributed by atoms with Crippen molar-refractivity contribution in [2.24, 2.45) is 9.98 Å². The average Bonchev–Trinajstić information content (AvgIpc) is 4.12. The summed E-state index contributed by atoms with van der Waals surface area (Å²) in [6, 6.07) is 25.7. The Morgan fingerprint density at radius 3 is 1.63 bits per heavy atom. The Morgan fingerprint density at radius 2 is 1.18 bits per heavy atom. The van der Waals surface area contributed by atoms with E-state index in [9.17, 15) is 24.0 Å². The zero-order valence-corrected chi connectivity index (χ0v) is 34.3. The van der Waals surface area contributed by atoms with Crippen molar-refractivity contribution in [2.45, 2.75) is 6.42 Å². The van der Waals surface area contributed by atoms with Gasteiger partial charge in [0.2, 0.25) is 11.8 Å². The molecule has 1 aromatic heterocycles. The summed E-state index contributed by atoms with van der Waals surface area (Å²) in [6.45, 7) is 0. The number of hydrogen-bond donors (Lipinski definition) is 2. The number of carbonyl (C=O) groups excluding carboxylic acids is 5. The van der Waals surface area contributed by atoms with Crippen LogP contribution >= 0.6 is 23.1 Å². The molecule has 3 aliphatic heterocycles. The number of nitrogens with one attached hydrogen (secondary N) is 2. The second-order valence-corrected chi connectivity index (χ2v) is 15.3. The Bertz CT molecular complexity index is 2770.